The van der Waals surface area contributed by atoms with Gasteiger partial charge in [0.05, 0.1) is 5.92 Å². The van der Waals surface area contributed by atoms with Crippen molar-refractivity contribution in [3.05, 3.63) is 69.4 Å². The van der Waals surface area contributed by atoms with E-state index in [0.717, 1.165) is 16.9 Å². The molecule has 1 aliphatic rings. The molecule has 0 unspecified atom stereocenters. The van der Waals surface area contributed by atoms with E-state index >= 15 is 0 Å². The Labute approximate surface area is 199 Å². The standard InChI is InChI=1S/C22H21ClN6O3S/c23-16-5-7-17(8-6-16)26-19(31)20-27-28-21(33-20)22(32)29-10-2-4-15(13-29)18(30)25-12-14-3-1-9-24-11-14/h1,3,5-9,11,15H,2,4,10,12-13H2,(H,25,30)(H,26,31)/t15-/m1/s1. The summed E-state index contributed by atoms with van der Waals surface area (Å²) in [4.78, 5) is 43.6. The van der Waals surface area contributed by atoms with Gasteiger partial charge in [0.25, 0.3) is 11.8 Å². The lowest BCUT2D eigenvalue weighted by atomic mass is 9.97. The molecule has 3 aromatic rings. The minimum atomic E-state index is -0.458. The van der Waals surface area contributed by atoms with E-state index in [1.165, 1.54) is 0 Å². The zero-order valence-corrected chi connectivity index (χ0v) is 19.1. The van der Waals surface area contributed by atoms with Crippen molar-refractivity contribution < 1.29 is 14.4 Å². The molecule has 1 aromatic carbocycles. The van der Waals surface area contributed by atoms with Crippen LogP contribution in [0.2, 0.25) is 5.02 Å². The van der Waals surface area contributed by atoms with Gasteiger partial charge in [-0.3, -0.25) is 19.4 Å². The Kier molecular flexibility index (Phi) is 7.26. The molecular weight excluding hydrogens is 464 g/mol. The molecule has 0 radical (unpaired) electrons. The van der Waals surface area contributed by atoms with Gasteiger partial charge in [0.2, 0.25) is 15.9 Å². The number of hydrogen-bond donors (Lipinski definition) is 2. The molecule has 0 spiro atoms. The highest BCUT2D eigenvalue weighted by Crippen LogP contribution is 2.21. The van der Waals surface area contributed by atoms with Crippen LogP contribution in [0.4, 0.5) is 5.69 Å². The maximum atomic E-state index is 12.9. The lowest BCUT2D eigenvalue weighted by Gasteiger charge is -2.31. The second-order valence-electron chi connectivity index (χ2n) is 7.54. The van der Waals surface area contributed by atoms with Crippen LogP contribution in [0.3, 0.4) is 0 Å². The van der Waals surface area contributed by atoms with E-state index < -0.39 is 5.91 Å². The van der Waals surface area contributed by atoms with Crippen LogP contribution in [-0.2, 0) is 11.3 Å². The van der Waals surface area contributed by atoms with Crippen LogP contribution in [0.25, 0.3) is 0 Å². The highest BCUT2D eigenvalue weighted by atomic mass is 35.5. The summed E-state index contributed by atoms with van der Waals surface area (Å²) >= 11 is 6.77. The Morgan fingerprint density at radius 1 is 1.12 bits per heavy atom. The van der Waals surface area contributed by atoms with Gasteiger partial charge in [0, 0.05) is 42.7 Å². The predicted octanol–water partition coefficient (Wildman–Crippen LogP) is 3.01. The van der Waals surface area contributed by atoms with Crippen molar-refractivity contribution in [1.29, 1.82) is 0 Å². The SMILES string of the molecule is O=C(Nc1ccc(Cl)cc1)c1nnc(C(=O)N2CCC[C@@H](C(=O)NCc3cccnc3)C2)s1. The molecule has 2 aromatic heterocycles. The normalized spacial score (nSPS) is 15.7. The largest absolute Gasteiger partial charge is 0.352 e. The maximum absolute atomic E-state index is 12.9. The van der Waals surface area contributed by atoms with Gasteiger partial charge in [-0.25, -0.2) is 0 Å². The first kappa shape index (κ1) is 22.8. The summed E-state index contributed by atoms with van der Waals surface area (Å²) in [6.07, 6.45) is 4.79. The molecule has 3 heterocycles. The number of rotatable bonds is 6. The number of piperidine rings is 1. The summed E-state index contributed by atoms with van der Waals surface area (Å²) in [5.74, 6) is -1.19. The number of carbonyl (C=O) groups is 3. The molecule has 1 saturated heterocycles. The van der Waals surface area contributed by atoms with E-state index in [0.29, 0.717) is 43.2 Å². The van der Waals surface area contributed by atoms with Gasteiger partial charge in [-0.15, -0.1) is 10.2 Å². The molecule has 0 saturated carbocycles. The van der Waals surface area contributed by atoms with E-state index in [-0.39, 0.29) is 27.7 Å². The number of likely N-dealkylation sites (tertiary alicyclic amines) is 1. The number of hydrogen-bond acceptors (Lipinski definition) is 7. The molecule has 0 aliphatic carbocycles. The van der Waals surface area contributed by atoms with Crippen molar-refractivity contribution in [3.8, 4) is 0 Å². The fourth-order valence-corrected chi connectivity index (χ4v) is 4.30. The molecule has 33 heavy (non-hydrogen) atoms. The third-order valence-electron chi connectivity index (χ3n) is 5.17. The molecule has 3 amide bonds. The highest BCUT2D eigenvalue weighted by molar-refractivity contribution is 7.15. The van der Waals surface area contributed by atoms with E-state index in [4.69, 9.17) is 11.6 Å². The molecule has 11 heteroatoms. The monoisotopic (exact) mass is 484 g/mol. The van der Waals surface area contributed by atoms with Gasteiger partial charge >= 0.3 is 0 Å². The summed E-state index contributed by atoms with van der Waals surface area (Å²) in [7, 11) is 0. The van der Waals surface area contributed by atoms with Crippen LogP contribution in [0.1, 0.15) is 38.0 Å². The van der Waals surface area contributed by atoms with E-state index in [9.17, 15) is 14.4 Å². The zero-order valence-electron chi connectivity index (χ0n) is 17.5. The van der Waals surface area contributed by atoms with Gasteiger partial charge in [-0.05, 0) is 48.7 Å². The lowest BCUT2D eigenvalue weighted by molar-refractivity contribution is -0.126. The number of aromatic nitrogens is 3. The molecule has 0 bridgehead atoms. The number of anilines is 1. The molecule has 4 rings (SSSR count). The van der Waals surface area contributed by atoms with Crippen LogP contribution in [0, 0.1) is 5.92 Å². The summed E-state index contributed by atoms with van der Waals surface area (Å²) in [6, 6.07) is 10.4. The first-order chi connectivity index (χ1) is 16.0. The Morgan fingerprint density at radius 3 is 2.67 bits per heavy atom. The van der Waals surface area contributed by atoms with Crippen LogP contribution >= 0.6 is 22.9 Å². The van der Waals surface area contributed by atoms with Crippen molar-refractivity contribution in [2.24, 2.45) is 5.92 Å². The van der Waals surface area contributed by atoms with E-state index in [1.54, 1.807) is 41.6 Å². The Hall–Kier alpha value is -3.37. The zero-order chi connectivity index (χ0) is 23.2. The number of nitrogens with one attached hydrogen (secondary N) is 2. The first-order valence-corrected chi connectivity index (χ1v) is 11.6. The number of nitrogens with zero attached hydrogens (tertiary/aromatic N) is 4. The maximum Gasteiger partial charge on any atom is 0.286 e. The Balaban J connectivity index is 1.33. The molecular formula is C22H21ClN6O3S. The average molecular weight is 485 g/mol. The van der Waals surface area contributed by atoms with E-state index in [1.807, 2.05) is 12.1 Å². The van der Waals surface area contributed by atoms with Crippen molar-refractivity contribution in [1.82, 2.24) is 25.4 Å². The highest BCUT2D eigenvalue weighted by Gasteiger charge is 2.30. The first-order valence-electron chi connectivity index (χ1n) is 10.4. The van der Waals surface area contributed by atoms with Crippen LogP contribution < -0.4 is 10.6 Å². The molecule has 1 aliphatic heterocycles. The molecule has 170 valence electrons. The molecule has 9 nitrogen and oxygen atoms in total. The number of pyridine rings is 1. The van der Waals surface area contributed by atoms with E-state index in [2.05, 4.69) is 25.8 Å². The third kappa shape index (κ3) is 5.91. The number of halogens is 1. The number of benzene rings is 1. The summed E-state index contributed by atoms with van der Waals surface area (Å²) in [6.45, 7) is 1.21. The van der Waals surface area contributed by atoms with Gasteiger partial charge in [0.1, 0.15) is 0 Å². The Morgan fingerprint density at radius 2 is 1.91 bits per heavy atom. The minimum Gasteiger partial charge on any atom is -0.352 e. The second-order valence-corrected chi connectivity index (χ2v) is 8.96. The van der Waals surface area contributed by atoms with Crippen molar-refractivity contribution >= 4 is 46.3 Å². The Bertz CT molecular complexity index is 1140. The summed E-state index contributed by atoms with van der Waals surface area (Å²) < 4.78 is 0. The fraction of sp³-hybridized carbons (Fsp3) is 0.273. The van der Waals surface area contributed by atoms with Gasteiger partial charge < -0.3 is 15.5 Å². The number of carbonyl (C=O) groups excluding carboxylic acids is 3. The molecule has 1 fully saturated rings. The lowest BCUT2D eigenvalue weighted by Crippen LogP contribution is -2.45. The smallest absolute Gasteiger partial charge is 0.286 e. The summed E-state index contributed by atoms with van der Waals surface area (Å²) in [5.41, 5.74) is 1.47. The van der Waals surface area contributed by atoms with Gasteiger partial charge in [-0.1, -0.05) is 29.0 Å². The van der Waals surface area contributed by atoms with Crippen LogP contribution in [0.15, 0.2) is 48.8 Å². The van der Waals surface area contributed by atoms with Crippen molar-refractivity contribution in [3.63, 3.8) is 0 Å². The van der Waals surface area contributed by atoms with Crippen molar-refractivity contribution in [2.75, 3.05) is 18.4 Å². The second kappa shape index (κ2) is 10.5. The summed E-state index contributed by atoms with van der Waals surface area (Å²) in [5, 5.41) is 14.1. The van der Waals surface area contributed by atoms with Gasteiger partial charge in [0.15, 0.2) is 0 Å². The van der Waals surface area contributed by atoms with Crippen molar-refractivity contribution in [2.45, 2.75) is 19.4 Å². The van der Waals surface area contributed by atoms with Crippen LogP contribution in [0.5, 0.6) is 0 Å². The fourth-order valence-electron chi connectivity index (χ4n) is 3.47. The topological polar surface area (TPSA) is 117 Å². The molecule has 2 N–H and O–H groups in total. The third-order valence-corrected chi connectivity index (χ3v) is 6.34. The minimum absolute atomic E-state index is 0.0797. The molecule has 1 atom stereocenters. The average Bonchev–Trinajstić information content (AvgIpc) is 3.35. The predicted molar refractivity (Wildman–Crippen MR) is 124 cm³/mol. The van der Waals surface area contributed by atoms with Gasteiger partial charge in [-0.2, -0.15) is 0 Å². The quantitative estimate of drug-likeness (QED) is 0.555. The van der Waals surface area contributed by atoms with Crippen LogP contribution in [-0.4, -0.2) is 50.9 Å². The number of amides is 3.